The molecule has 17 heavy (non-hydrogen) atoms. The van der Waals surface area contributed by atoms with Crippen LogP contribution in [0.1, 0.15) is 44.9 Å². The fraction of sp³-hybridized carbons (Fsp3) is 1.00. The second-order valence-electron chi connectivity index (χ2n) is 6.21. The highest BCUT2D eigenvalue weighted by molar-refractivity contribution is 4.89. The molecule has 0 bridgehead atoms. The van der Waals surface area contributed by atoms with Gasteiger partial charge >= 0.3 is 0 Å². The zero-order valence-corrected chi connectivity index (χ0v) is 11.5. The minimum atomic E-state index is 0.109. The summed E-state index contributed by atoms with van der Waals surface area (Å²) in [4.78, 5) is 5.03. The molecule has 0 unspecified atom stereocenters. The predicted octanol–water partition coefficient (Wildman–Crippen LogP) is 1.68. The van der Waals surface area contributed by atoms with Crippen molar-refractivity contribution in [2.75, 3.05) is 39.8 Å². The third-order valence-corrected chi connectivity index (χ3v) is 4.43. The Morgan fingerprint density at radius 3 is 2.35 bits per heavy atom. The summed E-state index contributed by atoms with van der Waals surface area (Å²) in [6.07, 6.45) is 9.28. The molecular formula is C14H29N3. The summed E-state index contributed by atoms with van der Waals surface area (Å²) in [6, 6.07) is 0. The molecule has 0 aromatic rings. The summed E-state index contributed by atoms with van der Waals surface area (Å²) in [6.45, 7) is 6.11. The van der Waals surface area contributed by atoms with Crippen LogP contribution < -0.4 is 5.73 Å². The summed E-state index contributed by atoms with van der Waals surface area (Å²) >= 11 is 0. The topological polar surface area (TPSA) is 32.5 Å². The van der Waals surface area contributed by atoms with Gasteiger partial charge in [-0.25, -0.2) is 0 Å². The van der Waals surface area contributed by atoms with Crippen LogP contribution in [0, 0.1) is 0 Å². The molecule has 2 aliphatic rings. The van der Waals surface area contributed by atoms with Gasteiger partial charge in [-0.2, -0.15) is 0 Å². The van der Waals surface area contributed by atoms with E-state index in [0.29, 0.717) is 0 Å². The molecule has 0 aromatic heterocycles. The van der Waals surface area contributed by atoms with Gasteiger partial charge in [0.25, 0.3) is 0 Å². The molecule has 0 spiro atoms. The van der Waals surface area contributed by atoms with E-state index in [1.165, 1.54) is 71.1 Å². The monoisotopic (exact) mass is 239 g/mol. The van der Waals surface area contributed by atoms with Gasteiger partial charge in [0.05, 0.1) is 0 Å². The van der Waals surface area contributed by atoms with Gasteiger partial charge in [-0.15, -0.1) is 0 Å². The zero-order chi connectivity index (χ0) is 12.1. The average molecular weight is 239 g/mol. The first-order valence-electron chi connectivity index (χ1n) is 7.38. The lowest BCUT2D eigenvalue weighted by atomic mass is 9.82. The van der Waals surface area contributed by atoms with Gasteiger partial charge in [0.1, 0.15) is 0 Å². The number of nitrogens with zero attached hydrogens (tertiary/aromatic N) is 2. The van der Waals surface area contributed by atoms with Crippen molar-refractivity contribution >= 4 is 0 Å². The molecule has 3 nitrogen and oxygen atoms in total. The van der Waals surface area contributed by atoms with Crippen molar-refractivity contribution < 1.29 is 0 Å². The minimum absolute atomic E-state index is 0.109. The molecule has 3 heteroatoms. The highest BCUT2D eigenvalue weighted by Gasteiger charge is 2.28. The molecule has 0 atom stereocenters. The molecule has 1 aliphatic heterocycles. The lowest BCUT2D eigenvalue weighted by Gasteiger charge is -2.37. The molecule has 100 valence electrons. The Morgan fingerprint density at radius 2 is 1.71 bits per heavy atom. The van der Waals surface area contributed by atoms with Crippen LogP contribution in [0.25, 0.3) is 0 Å². The Morgan fingerprint density at radius 1 is 1.06 bits per heavy atom. The Hall–Kier alpha value is -0.120. The van der Waals surface area contributed by atoms with Crippen LogP contribution in [0.5, 0.6) is 0 Å². The van der Waals surface area contributed by atoms with Crippen molar-refractivity contribution in [1.29, 1.82) is 0 Å². The zero-order valence-electron chi connectivity index (χ0n) is 11.5. The van der Waals surface area contributed by atoms with Crippen molar-refractivity contribution in [3.8, 4) is 0 Å². The van der Waals surface area contributed by atoms with E-state index in [0.717, 1.165) is 6.54 Å². The van der Waals surface area contributed by atoms with Crippen LogP contribution in [0.2, 0.25) is 0 Å². The molecular weight excluding hydrogens is 210 g/mol. The second kappa shape index (κ2) is 6.17. The normalized spacial score (nSPS) is 25.6. The van der Waals surface area contributed by atoms with E-state index in [4.69, 9.17) is 5.73 Å². The van der Waals surface area contributed by atoms with Gasteiger partial charge in [0.2, 0.25) is 0 Å². The van der Waals surface area contributed by atoms with Crippen molar-refractivity contribution in [3.05, 3.63) is 0 Å². The van der Waals surface area contributed by atoms with Gasteiger partial charge in [0, 0.05) is 25.2 Å². The number of nitrogens with two attached hydrogens (primary N) is 1. The highest BCUT2D eigenvalue weighted by Crippen LogP contribution is 2.26. The van der Waals surface area contributed by atoms with Crippen LogP contribution in [0.15, 0.2) is 0 Å². The van der Waals surface area contributed by atoms with E-state index >= 15 is 0 Å². The van der Waals surface area contributed by atoms with Gasteiger partial charge in [-0.3, -0.25) is 0 Å². The van der Waals surface area contributed by atoms with Crippen molar-refractivity contribution in [2.45, 2.75) is 50.5 Å². The molecule has 1 saturated carbocycles. The predicted molar refractivity (Wildman–Crippen MR) is 73.2 cm³/mol. The Bertz CT molecular complexity index is 218. The maximum Gasteiger partial charge on any atom is 0.0283 e. The van der Waals surface area contributed by atoms with Crippen LogP contribution >= 0.6 is 0 Å². The molecule has 1 aliphatic carbocycles. The molecule has 1 saturated heterocycles. The summed E-state index contributed by atoms with van der Waals surface area (Å²) in [5, 5.41) is 0. The summed E-state index contributed by atoms with van der Waals surface area (Å²) < 4.78 is 0. The first kappa shape index (κ1) is 13.3. The van der Waals surface area contributed by atoms with E-state index in [1.807, 2.05) is 0 Å². The second-order valence-corrected chi connectivity index (χ2v) is 6.21. The smallest absolute Gasteiger partial charge is 0.0283 e. The maximum atomic E-state index is 6.49. The van der Waals surface area contributed by atoms with Gasteiger partial charge in [0.15, 0.2) is 0 Å². The molecule has 0 amide bonds. The number of hydrogen-bond acceptors (Lipinski definition) is 3. The average Bonchev–Trinajstić information content (AvgIpc) is 2.79. The number of rotatable bonds is 5. The standard InChI is InChI=1S/C14H29N3/c1-16(11-12-17-9-5-6-10-17)13-14(15)7-3-2-4-8-14/h2-13,15H2,1H3. The lowest BCUT2D eigenvalue weighted by molar-refractivity contribution is 0.181. The largest absolute Gasteiger partial charge is 0.324 e. The van der Waals surface area contributed by atoms with E-state index in [-0.39, 0.29) is 5.54 Å². The molecule has 2 rings (SSSR count). The summed E-state index contributed by atoms with van der Waals surface area (Å²) in [7, 11) is 2.24. The number of likely N-dealkylation sites (N-methyl/N-ethyl adjacent to an activating group) is 1. The quantitative estimate of drug-likeness (QED) is 0.792. The Labute approximate surface area is 106 Å². The molecule has 0 radical (unpaired) electrons. The Balaban J connectivity index is 1.66. The van der Waals surface area contributed by atoms with Gasteiger partial charge in [-0.05, 0) is 45.8 Å². The van der Waals surface area contributed by atoms with Crippen LogP contribution in [-0.4, -0.2) is 55.1 Å². The lowest BCUT2D eigenvalue weighted by Crippen LogP contribution is -2.51. The third-order valence-electron chi connectivity index (χ3n) is 4.43. The van der Waals surface area contributed by atoms with Crippen LogP contribution in [-0.2, 0) is 0 Å². The number of hydrogen-bond donors (Lipinski definition) is 1. The van der Waals surface area contributed by atoms with E-state index in [2.05, 4.69) is 16.8 Å². The van der Waals surface area contributed by atoms with E-state index < -0.39 is 0 Å². The maximum absolute atomic E-state index is 6.49. The van der Waals surface area contributed by atoms with Gasteiger partial charge < -0.3 is 15.5 Å². The highest BCUT2D eigenvalue weighted by atomic mass is 15.2. The summed E-state index contributed by atoms with van der Waals surface area (Å²) in [5.74, 6) is 0. The Kier molecular flexibility index (Phi) is 4.83. The fourth-order valence-electron chi connectivity index (χ4n) is 3.35. The third kappa shape index (κ3) is 4.23. The SMILES string of the molecule is CN(CCN1CCCC1)CC1(N)CCCCC1. The minimum Gasteiger partial charge on any atom is -0.324 e. The van der Waals surface area contributed by atoms with Crippen LogP contribution in [0.4, 0.5) is 0 Å². The number of likely N-dealkylation sites (tertiary alicyclic amines) is 1. The molecule has 0 aromatic carbocycles. The summed E-state index contributed by atoms with van der Waals surface area (Å²) in [5.41, 5.74) is 6.60. The van der Waals surface area contributed by atoms with Crippen molar-refractivity contribution in [3.63, 3.8) is 0 Å². The van der Waals surface area contributed by atoms with Gasteiger partial charge in [-0.1, -0.05) is 19.3 Å². The van der Waals surface area contributed by atoms with E-state index in [1.54, 1.807) is 0 Å². The van der Waals surface area contributed by atoms with Crippen molar-refractivity contribution in [1.82, 2.24) is 9.80 Å². The first-order valence-corrected chi connectivity index (χ1v) is 7.38. The van der Waals surface area contributed by atoms with Crippen molar-refractivity contribution in [2.24, 2.45) is 5.73 Å². The first-order chi connectivity index (χ1) is 8.18. The molecule has 2 N–H and O–H groups in total. The van der Waals surface area contributed by atoms with Crippen LogP contribution in [0.3, 0.4) is 0 Å². The molecule has 1 heterocycles. The van der Waals surface area contributed by atoms with E-state index in [9.17, 15) is 0 Å². The molecule has 2 fully saturated rings. The fourth-order valence-corrected chi connectivity index (χ4v) is 3.35.